The van der Waals surface area contributed by atoms with Gasteiger partial charge in [-0.3, -0.25) is 14.4 Å². The van der Waals surface area contributed by atoms with Crippen molar-refractivity contribution in [2.75, 3.05) is 17.7 Å². The van der Waals surface area contributed by atoms with Gasteiger partial charge in [-0.25, -0.2) is 13.8 Å². The van der Waals surface area contributed by atoms with Crippen LogP contribution in [0.15, 0.2) is 42.7 Å². The van der Waals surface area contributed by atoms with E-state index in [0.717, 1.165) is 0 Å². The Bertz CT molecular complexity index is 1130. The molecule has 0 radical (unpaired) electrons. The maximum absolute atomic E-state index is 13.4. The predicted octanol–water partition coefficient (Wildman–Crippen LogP) is 3.21. The van der Waals surface area contributed by atoms with Crippen LogP contribution in [0.5, 0.6) is 0 Å². The quantitative estimate of drug-likeness (QED) is 0.462. The Kier molecular flexibility index (Phi) is 6.07. The van der Waals surface area contributed by atoms with Crippen molar-refractivity contribution in [1.29, 1.82) is 0 Å². The highest BCUT2D eigenvalue weighted by atomic mass is 35.5. The van der Waals surface area contributed by atoms with Crippen molar-refractivity contribution in [2.45, 2.75) is 0 Å². The Labute approximate surface area is 173 Å². The Morgan fingerprint density at radius 3 is 2.10 bits per heavy atom. The third-order valence-corrected chi connectivity index (χ3v) is 4.28. The summed E-state index contributed by atoms with van der Waals surface area (Å²) in [6, 6.07) is 7.36. The Hall–Kier alpha value is -3.79. The number of aromatic nitrogens is 2. The first kappa shape index (κ1) is 20.9. The van der Waals surface area contributed by atoms with Crippen molar-refractivity contribution in [3.05, 3.63) is 76.3 Å². The molecule has 0 spiro atoms. The Morgan fingerprint density at radius 2 is 1.50 bits per heavy atom. The zero-order valence-corrected chi connectivity index (χ0v) is 16.1. The molecule has 0 aliphatic carbocycles. The highest BCUT2D eigenvalue weighted by Crippen LogP contribution is 2.22. The molecule has 4 N–H and O–H groups in total. The summed E-state index contributed by atoms with van der Waals surface area (Å²) in [5.74, 6) is -4.19. The largest absolute Gasteiger partial charge is 0.354 e. The minimum absolute atomic E-state index is 0.0160. The second-order valence-electron chi connectivity index (χ2n) is 5.94. The number of benzene rings is 2. The molecule has 0 fully saturated rings. The number of halogens is 3. The van der Waals surface area contributed by atoms with Crippen molar-refractivity contribution >= 4 is 40.7 Å². The summed E-state index contributed by atoms with van der Waals surface area (Å²) in [7, 11) is 1.42. The van der Waals surface area contributed by atoms with Crippen LogP contribution in [0.1, 0.15) is 31.3 Å². The molecule has 0 unspecified atom stereocenters. The standard InChI is InChI=1S/C19H14ClF2N5O3/c1-23-18(29)15-16(25-8-24-15)19(30)27-10-4-2-9(3-5-10)26-17(28)11-6-13(21)14(22)7-12(11)20/h2-8H,1H3,(H,23,29)(H,24,25)(H,26,28)(H,27,30). The molecule has 8 nitrogen and oxygen atoms in total. The molecular formula is C19H14ClF2N5O3. The average molecular weight is 434 g/mol. The van der Waals surface area contributed by atoms with Gasteiger partial charge in [0, 0.05) is 18.4 Å². The molecule has 0 aliphatic heterocycles. The molecule has 154 valence electrons. The third-order valence-electron chi connectivity index (χ3n) is 3.96. The number of hydrogen-bond donors (Lipinski definition) is 4. The molecule has 3 aromatic rings. The number of imidazole rings is 1. The number of nitrogens with one attached hydrogen (secondary N) is 4. The molecule has 0 bridgehead atoms. The molecule has 1 heterocycles. The Morgan fingerprint density at radius 1 is 0.933 bits per heavy atom. The van der Waals surface area contributed by atoms with Crippen molar-refractivity contribution in [3.8, 4) is 0 Å². The zero-order valence-electron chi connectivity index (χ0n) is 15.3. The molecule has 3 rings (SSSR count). The minimum Gasteiger partial charge on any atom is -0.354 e. The minimum atomic E-state index is -1.20. The van der Waals surface area contributed by atoms with E-state index in [-0.39, 0.29) is 22.0 Å². The van der Waals surface area contributed by atoms with E-state index in [1.165, 1.54) is 37.6 Å². The van der Waals surface area contributed by atoms with E-state index in [1.807, 2.05) is 0 Å². The molecule has 0 saturated carbocycles. The van der Waals surface area contributed by atoms with Gasteiger partial charge in [-0.2, -0.15) is 0 Å². The molecule has 30 heavy (non-hydrogen) atoms. The number of aromatic amines is 1. The van der Waals surface area contributed by atoms with Crippen LogP contribution in [-0.2, 0) is 0 Å². The van der Waals surface area contributed by atoms with Crippen LogP contribution in [0.4, 0.5) is 20.2 Å². The molecule has 3 amide bonds. The van der Waals surface area contributed by atoms with Crippen LogP contribution in [0.2, 0.25) is 5.02 Å². The van der Waals surface area contributed by atoms with Gasteiger partial charge in [0.05, 0.1) is 16.9 Å². The summed E-state index contributed by atoms with van der Waals surface area (Å²) in [6.07, 6.45) is 1.22. The number of H-pyrrole nitrogens is 1. The molecular weight excluding hydrogens is 420 g/mol. The second kappa shape index (κ2) is 8.70. The van der Waals surface area contributed by atoms with Crippen LogP contribution in [0.3, 0.4) is 0 Å². The number of amides is 3. The average Bonchev–Trinajstić information content (AvgIpc) is 3.21. The molecule has 0 aliphatic rings. The summed E-state index contributed by atoms with van der Waals surface area (Å²) in [5, 5.41) is 7.22. The molecule has 0 atom stereocenters. The fourth-order valence-corrected chi connectivity index (χ4v) is 2.72. The summed E-state index contributed by atoms with van der Waals surface area (Å²) in [5.41, 5.74) is 0.398. The molecule has 1 aromatic heterocycles. The van der Waals surface area contributed by atoms with Gasteiger partial charge < -0.3 is 20.9 Å². The SMILES string of the molecule is CNC(=O)c1[nH]cnc1C(=O)Nc1ccc(NC(=O)c2cc(F)c(F)cc2Cl)cc1. The van der Waals surface area contributed by atoms with Crippen molar-refractivity contribution < 1.29 is 23.2 Å². The lowest BCUT2D eigenvalue weighted by Crippen LogP contribution is -2.23. The first-order valence-electron chi connectivity index (χ1n) is 8.43. The number of carbonyl (C=O) groups is 3. The van der Waals surface area contributed by atoms with E-state index < -0.39 is 29.4 Å². The van der Waals surface area contributed by atoms with Crippen LogP contribution in [-0.4, -0.2) is 34.7 Å². The van der Waals surface area contributed by atoms with Gasteiger partial charge in [-0.1, -0.05) is 11.6 Å². The number of carbonyl (C=O) groups excluding carboxylic acids is 3. The van der Waals surface area contributed by atoms with E-state index in [2.05, 4.69) is 25.9 Å². The number of nitrogens with zero attached hydrogens (tertiary/aromatic N) is 1. The summed E-state index contributed by atoms with van der Waals surface area (Å²) in [6.45, 7) is 0. The summed E-state index contributed by atoms with van der Waals surface area (Å²) < 4.78 is 26.5. The second-order valence-corrected chi connectivity index (χ2v) is 6.34. The summed E-state index contributed by atoms with van der Waals surface area (Å²) >= 11 is 5.79. The topological polar surface area (TPSA) is 116 Å². The molecule has 2 aromatic carbocycles. The molecule has 11 heteroatoms. The van der Waals surface area contributed by atoms with E-state index in [1.54, 1.807) is 0 Å². The van der Waals surface area contributed by atoms with Gasteiger partial charge in [0.15, 0.2) is 17.3 Å². The van der Waals surface area contributed by atoms with Gasteiger partial charge in [0.25, 0.3) is 17.7 Å². The van der Waals surface area contributed by atoms with Crippen LogP contribution in [0.25, 0.3) is 0 Å². The number of rotatable bonds is 5. The van der Waals surface area contributed by atoms with Gasteiger partial charge >= 0.3 is 0 Å². The normalized spacial score (nSPS) is 10.4. The van der Waals surface area contributed by atoms with E-state index in [4.69, 9.17) is 11.6 Å². The van der Waals surface area contributed by atoms with Crippen molar-refractivity contribution in [2.24, 2.45) is 0 Å². The highest BCUT2D eigenvalue weighted by Gasteiger charge is 2.20. The van der Waals surface area contributed by atoms with Gasteiger partial charge in [-0.05, 0) is 36.4 Å². The van der Waals surface area contributed by atoms with Gasteiger partial charge in [0.1, 0.15) is 5.69 Å². The lowest BCUT2D eigenvalue weighted by atomic mass is 10.2. The van der Waals surface area contributed by atoms with Crippen LogP contribution in [0, 0.1) is 11.6 Å². The first-order chi connectivity index (χ1) is 14.3. The number of hydrogen-bond acceptors (Lipinski definition) is 4. The maximum Gasteiger partial charge on any atom is 0.276 e. The van der Waals surface area contributed by atoms with E-state index in [9.17, 15) is 23.2 Å². The highest BCUT2D eigenvalue weighted by molar-refractivity contribution is 6.34. The Balaban J connectivity index is 1.69. The van der Waals surface area contributed by atoms with Gasteiger partial charge in [-0.15, -0.1) is 0 Å². The lowest BCUT2D eigenvalue weighted by molar-refractivity contribution is 0.0943. The third kappa shape index (κ3) is 4.44. The smallest absolute Gasteiger partial charge is 0.276 e. The maximum atomic E-state index is 13.4. The van der Waals surface area contributed by atoms with Crippen molar-refractivity contribution in [3.63, 3.8) is 0 Å². The first-order valence-corrected chi connectivity index (χ1v) is 8.80. The molecule has 0 saturated heterocycles. The van der Waals surface area contributed by atoms with Crippen molar-refractivity contribution in [1.82, 2.24) is 15.3 Å². The monoisotopic (exact) mass is 433 g/mol. The van der Waals surface area contributed by atoms with E-state index >= 15 is 0 Å². The zero-order chi connectivity index (χ0) is 21.8. The van der Waals surface area contributed by atoms with E-state index in [0.29, 0.717) is 23.5 Å². The van der Waals surface area contributed by atoms with Crippen LogP contribution >= 0.6 is 11.6 Å². The number of anilines is 2. The summed E-state index contributed by atoms with van der Waals surface area (Å²) in [4.78, 5) is 42.7. The fourth-order valence-electron chi connectivity index (χ4n) is 2.49. The predicted molar refractivity (Wildman–Crippen MR) is 106 cm³/mol. The van der Waals surface area contributed by atoms with Gasteiger partial charge in [0.2, 0.25) is 0 Å². The lowest BCUT2D eigenvalue weighted by Gasteiger charge is -2.09. The van der Waals surface area contributed by atoms with Crippen LogP contribution < -0.4 is 16.0 Å². The fraction of sp³-hybridized carbons (Fsp3) is 0.0526.